The number of carbonyl (C=O) groups is 1. The standard InChI is InChI=1S/CH4N2O.Ta/c2-1(3)4;/h(H4,2,3,4);/q;+1/p-1. The van der Waals surface area contributed by atoms with E-state index in [1.807, 2.05) is 0 Å². The van der Waals surface area contributed by atoms with Crippen molar-refractivity contribution in [2.45, 2.75) is 0 Å². The summed E-state index contributed by atoms with van der Waals surface area (Å²) in [5.41, 5.74) is 4.57. The molecule has 0 fully saturated rings. The molecule has 3 N–H and O–H groups in total. The van der Waals surface area contributed by atoms with Gasteiger partial charge in [-0.25, -0.2) is 0 Å². The Morgan fingerprint density at radius 3 is 2.20 bits per heavy atom. The molecule has 0 bridgehead atoms. The van der Waals surface area contributed by atoms with E-state index in [0.29, 0.717) is 0 Å². The van der Waals surface area contributed by atoms with Crippen LogP contribution in [0.3, 0.4) is 0 Å². The van der Waals surface area contributed by atoms with Crippen LogP contribution in [0.4, 0.5) is 4.79 Å². The van der Waals surface area contributed by atoms with Crippen LogP contribution in [0.2, 0.25) is 0 Å². The zero-order valence-electron chi connectivity index (χ0n) is 2.43. The van der Waals surface area contributed by atoms with Crippen LogP contribution in [0.1, 0.15) is 0 Å². The zero-order valence-corrected chi connectivity index (χ0v) is 5.65. The average molecular weight is 240 g/mol. The van der Waals surface area contributed by atoms with Gasteiger partial charge >= 0.3 is 41.6 Å². The van der Waals surface area contributed by atoms with Gasteiger partial charge in [-0.1, -0.05) is 0 Å². The van der Waals surface area contributed by atoms with Gasteiger partial charge in [0.25, 0.3) is 0 Å². The molecule has 0 saturated heterocycles. The van der Waals surface area contributed by atoms with E-state index in [1.165, 1.54) is 0 Å². The molecule has 0 aromatic heterocycles. The molecule has 0 spiro atoms. The van der Waals surface area contributed by atoms with Gasteiger partial charge in [-0.15, -0.1) is 0 Å². The van der Waals surface area contributed by atoms with E-state index in [2.05, 4.69) is 9.45 Å². The summed E-state index contributed by atoms with van der Waals surface area (Å²) in [5.74, 6) is 0. The van der Waals surface area contributed by atoms with Crippen LogP contribution < -0.4 is 9.45 Å². The first kappa shape index (κ1) is 5.01. The van der Waals surface area contributed by atoms with Crippen molar-refractivity contribution in [3.8, 4) is 0 Å². The van der Waals surface area contributed by atoms with Crippen LogP contribution in [-0.2, 0) is 21.3 Å². The van der Waals surface area contributed by atoms with Crippen molar-refractivity contribution in [1.29, 1.82) is 0 Å². The average Bonchev–Trinajstić information content (AvgIpc) is 1.38. The number of nitrogens with two attached hydrogens (primary N) is 1. The van der Waals surface area contributed by atoms with Crippen molar-refractivity contribution in [3.05, 3.63) is 0 Å². The van der Waals surface area contributed by atoms with Crippen LogP contribution in [0.5, 0.6) is 0 Å². The van der Waals surface area contributed by atoms with Crippen molar-refractivity contribution >= 4 is 6.03 Å². The molecule has 5 heavy (non-hydrogen) atoms. The fourth-order valence-electron chi connectivity index (χ4n) is 0. The van der Waals surface area contributed by atoms with Crippen LogP contribution in [-0.4, -0.2) is 6.03 Å². The Morgan fingerprint density at radius 2 is 2.20 bits per heavy atom. The number of hydrogen-bond acceptors (Lipinski definition) is 1. The summed E-state index contributed by atoms with van der Waals surface area (Å²) < 4.78 is 2.28. The van der Waals surface area contributed by atoms with E-state index in [0.717, 1.165) is 21.3 Å². The molecule has 0 aromatic carbocycles. The SMILES string of the molecule is NC(=O)[NH][Ta]. The summed E-state index contributed by atoms with van der Waals surface area (Å²) in [7, 11) is 0. The molecule has 0 aliphatic heterocycles. The summed E-state index contributed by atoms with van der Waals surface area (Å²) in [6.07, 6.45) is 0. The zero-order chi connectivity index (χ0) is 4.28. The topological polar surface area (TPSA) is 55.1 Å². The number of urea groups is 1. The molecule has 0 aliphatic carbocycles. The first-order valence-corrected chi connectivity index (χ1v) is 2.57. The van der Waals surface area contributed by atoms with Gasteiger partial charge in [0, 0.05) is 0 Å². The molecular formula is CH3N2OTa. The fourth-order valence-corrected chi connectivity index (χ4v) is 0. The summed E-state index contributed by atoms with van der Waals surface area (Å²) in [4.78, 5) is 9.51. The van der Waals surface area contributed by atoms with Gasteiger partial charge in [0.1, 0.15) is 0 Å². The molecule has 0 atom stereocenters. The Bertz CT molecular complexity index is 44.9. The second-order valence-electron chi connectivity index (χ2n) is 0.476. The first-order chi connectivity index (χ1) is 2.27. The van der Waals surface area contributed by atoms with Crippen LogP contribution in [0.15, 0.2) is 0 Å². The molecule has 4 heteroatoms. The molecular weight excluding hydrogens is 237 g/mol. The molecule has 0 saturated carbocycles. The maximum atomic E-state index is 9.51. The Balaban J connectivity index is 2.85. The van der Waals surface area contributed by atoms with Gasteiger partial charge in [-0.3, -0.25) is 0 Å². The summed E-state index contributed by atoms with van der Waals surface area (Å²) in [6.45, 7) is 0. The minimum absolute atomic E-state index is 0.446. The Morgan fingerprint density at radius 1 is 2.00 bits per heavy atom. The number of primary amides is 1. The third-order valence-electron chi connectivity index (χ3n) is 0.110. The van der Waals surface area contributed by atoms with E-state index in [4.69, 9.17) is 0 Å². The van der Waals surface area contributed by atoms with Gasteiger partial charge in [0.2, 0.25) is 0 Å². The summed E-state index contributed by atoms with van der Waals surface area (Å²) in [6, 6.07) is -0.446. The predicted molar refractivity (Wildman–Crippen MR) is 12.7 cm³/mol. The number of rotatable bonds is 0. The van der Waals surface area contributed by atoms with Gasteiger partial charge in [-0.05, 0) is 0 Å². The molecule has 0 rings (SSSR count). The van der Waals surface area contributed by atoms with E-state index >= 15 is 0 Å². The molecule has 0 radical (unpaired) electrons. The van der Waals surface area contributed by atoms with Gasteiger partial charge in [-0.2, -0.15) is 0 Å². The number of hydrogen-bond donors (Lipinski definition) is 2. The quantitative estimate of drug-likeness (QED) is 0.567. The van der Waals surface area contributed by atoms with Crippen molar-refractivity contribution in [1.82, 2.24) is 3.72 Å². The van der Waals surface area contributed by atoms with Gasteiger partial charge in [0.05, 0.1) is 0 Å². The molecule has 3 nitrogen and oxygen atoms in total. The Kier molecular flexibility index (Phi) is 2.26. The summed E-state index contributed by atoms with van der Waals surface area (Å²) in [5, 5.41) is 0. The van der Waals surface area contributed by atoms with Crippen molar-refractivity contribution in [3.63, 3.8) is 0 Å². The summed E-state index contributed by atoms with van der Waals surface area (Å²) >= 11 is 0.814. The van der Waals surface area contributed by atoms with E-state index in [-0.39, 0.29) is 0 Å². The van der Waals surface area contributed by atoms with E-state index < -0.39 is 6.03 Å². The van der Waals surface area contributed by atoms with E-state index in [9.17, 15) is 4.79 Å². The van der Waals surface area contributed by atoms with Crippen molar-refractivity contribution in [2.75, 3.05) is 0 Å². The van der Waals surface area contributed by atoms with Crippen molar-refractivity contribution < 1.29 is 26.1 Å². The molecule has 28 valence electrons. The predicted octanol–water partition coefficient (Wildman–Crippen LogP) is -0.883. The normalized spacial score (nSPS) is 6.40. The van der Waals surface area contributed by atoms with E-state index in [1.54, 1.807) is 0 Å². The second kappa shape index (κ2) is 2.26. The third kappa shape index (κ3) is 4.01. The molecule has 0 unspecified atom stereocenters. The molecule has 0 aliphatic rings. The Labute approximate surface area is 42.1 Å². The minimum atomic E-state index is -0.446. The monoisotopic (exact) mass is 240 g/mol. The maximum absolute atomic E-state index is 9.51. The van der Waals surface area contributed by atoms with Crippen molar-refractivity contribution in [2.24, 2.45) is 5.73 Å². The van der Waals surface area contributed by atoms with Crippen LogP contribution in [0.25, 0.3) is 0 Å². The van der Waals surface area contributed by atoms with Gasteiger partial charge < -0.3 is 0 Å². The first-order valence-electron chi connectivity index (χ1n) is 0.966. The van der Waals surface area contributed by atoms with Crippen LogP contribution >= 0.6 is 0 Å². The number of amides is 2. The third-order valence-corrected chi connectivity index (χ3v) is 0.902. The molecule has 2 amide bonds. The fraction of sp³-hybridized carbons (Fsp3) is 0. The Hall–Kier alpha value is 0.0103. The van der Waals surface area contributed by atoms with Crippen LogP contribution in [0, 0.1) is 0 Å². The number of nitrogens with one attached hydrogen (secondary N) is 1. The van der Waals surface area contributed by atoms with Gasteiger partial charge in [0.15, 0.2) is 0 Å². The number of carbonyl (C=O) groups excluding carboxylic acids is 1. The second-order valence-corrected chi connectivity index (χ2v) is 1.28. The molecule has 0 aromatic rings. The molecule has 0 heterocycles.